The van der Waals surface area contributed by atoms with Crippen LogP contribution in [0, 0.1) is 0 Å². The molecule has 8 heteroatoms. The molecule has 0 aliphatic carbocycles. The Bertz CT molecular complexity index is 1260. The van der Waals surface area contributed by atoms with Crippen molar-refractivity contribution in [2.45, 2.75) is 9.92 Å². The second-order valence-electron chi connectivity index (χ2n) is 6.02. The molecule has 1 aromatic heterocycles. The lowest BCUT2D eigenvalue weighted by Crippen LogP contribution is -2.15. The van der Waals surface area contributed by atoms with Gasteiger partial charge in [0.15, 0.2) is 16.5 Å². The van der Waals surface area contributed by atoms with Gasteiger partial charge in [0.05, 0.1) is 15.8 Å². The molecule has 3 aromatic carbocycles. The van der Waals surface area contributed by atoms with Gasteiger partial charge in [-0.1, -0.05) is 36.4 Å². The van der Waals surface area contributed by atoms with E-state index in [1.54, 1.807) is 30.3 Å². The van der Waals surface area contributed by atoms with Gasteiger partial charge in [0.1, 0.15) is 13.2 Å². The minimum Gasteiger partial charge on any atom is -0.486 e. The van der Waals surface area contributed by atoms with E-state index in [4.69, 9.17) is 14.6 Å². The van der Waals surface area contributed by atoms with Crippen LogP contribution in [0.4, 0.5) is 0 Å². The lowest BCUT2D eigenvalue weighted by Gasteiger charge is -2.19. The Kier molecular flexibility index (Phi) is 4.66. The minimum atomic E-state index is -3.84. The van der Waals surface area contributed by atoms with E-state index in [0.29, 0.717) is 41.0 Å². The van der Waals surface area contributed by atoms with E-state index in [1.165, 1.54) is 0 Å². The fraction of sp³-hybridized carbons (Fsp3) is 0.150. The minimum absolute atomic E-state index is 0.0196. The molecule has 0 spiro atoms. The zero-order valence-corrected chi connectivity index (χ0v) is 15.9. The number of nitrogens with one attached hydrogen (secondary N) is 1. The summed E-state index contributed by atoms with van der Waals surface area (Å²) in [6.45, 7) is 0.798. The Morgan fingerprint density at radius 3 is 2.57 bits per heavy atom. The van der Waals surface area contributed by atoms with Gasteiger partial charge >= 0.3 is 0 Å². The Balaban J connectivity index is 0.000000932. The first-order chi connectivity index (χ1) is 13.7. The zero-order valence-electron chi connectivity index (χ0n) is 15.0. The van der Waals surface area contributed by atoms with Crippen LogP contribution in [0.15, 0.2) is 64.5 Å². The topological polar surface area (TPSA) is 102 Å². The number of aromatic amines is 1. The van der Waals surface area contributed by atoms with Gasteiger partial charge in [0, 0.05) is 12.5 Å². The molecule has 0 saturated heterocycles. The van der Waals surface area contributed by atoms with E-state index in [1.807, 2.05) is 24.3 Å². The normalized spacial score (nSPS) is 13.2. The third-order valence-corrected chi connectivity index (χ3v) is 6.27. The van der Waals surface area contributed by atoms with Gasteiger partial charge < -0.3 is 14.6 Å². The van der Waals surface area contributed by atoms with Crippen LogP contribution in [0.2, 0.25) is 0 Å². The molecular weight excluding hydrogens is 380 g/mol. The number of aliphatic hydroxyl groups excluding tert-OH is 1. The van der Waals surface area contributed by atoms with Crippen LogP contribution >= 0.6 is 0 Å². The summed E-state index contributed by atoms with van der Waals surface area (Å²) < 4.78 is 38.2. The molecule has 5 rings (SSSR count). The first kappa shape index (κ1) is 18.3. The van der Waals surface area contributed by atoms with Gasteiger partial charge in [-0.3, -0.25) is 5.10 Å². The largest absolute Gasteiger partial charge is 0.486 e. The van der Waals surface area contributed by atoms with E-state index in [9.17, 15) is 8.42 Å². The highest BCUT2D eigenvalue weighted by atomic mass is 32.2. The van der Waals surface area contributed by atoms with Crippen LogP contribution in [0.3, 0.4) is 0 Å². The predicted octanol–water partition coefficient (Wildman–Crippen LogP) is 2.93. The Hall–Kier alpha value is -3.10. The van der Waals surface area contributed by atoms with Crippen molar-refractivity contribution >= 4 is 31.5 Å². The summed E-state index contributed by atoms with van der Waals surface area (Å²) in [4.78, 5) is 0.232. The summed E-state index contributed by atoms with van der Waals surface area (Å²) in [6.07, 6.45) is 0. The molecule has 0 saturated carbocycles. The van der Waals surface area contributed by atoms with Crippen LogP contribution < -0.4 is 9.47 Å². The number of rotatable bonds is 2. The van der Waals surface area contributed by atoms with Crippen molar-refractivity contribution in [3.63, 3.8) is 0 Å². The van der Waals surface area contributed by atoms with Crippen molar-refractivity contribution in [3.05, 3.63) is 54.6 Å². The molecule has 0 atom stereocenters. The standard InChI is InChI=1S/C19H14N2O4S.CH4O/c22-26(23,16-7-3-5-12-4-1-2-6-13(12)16)19-17-14(20-21-19)8-9-15-18(17)25-11-10-24-15;1-2/h1-9H,10-11H2,(H,20,21);2H,1H3. The lowest BCUT2D eigenvalue weighted by molar-refractivity contribution is 0.174. The first-order valence-corrected chi connectivity index (χ1v) is 10.1. The number of benzene rings is 3. The zero-order chi connectivity index (χ0) is 19.7. The van der Waals surface area contributed by atoms with Crippen LogP contribution in [-0.2, 0) is 9.84 Å². The van der Waals surface area contributed by atoms with Crippen LogP contribution in [-0.4, -0.2) is 44.0 Å². The third kappa shape index (κ3) is 2.78. The number of H-pyrrole nitrogens is 1. The number of ether oxygens (including phenoxy) is 2. The highest BCUT2D eigenvalue weighted by Gasteiger charge is 2.29. The quantitative estimate of drug-likeness (QED) is 0.538. The number of nitrogens with zero attached hydrogens (tertiary/aromatic N) is 1. The molecule has 0 fully saturated rings. The summed E-state index contributed by atoms with van der Waals surface area (Å²) >= 11 is 0. The molecular formula is C20H18N2O5S. The number of sulfone groups is 1. The molecule has 2 N–H and O–H groups in total. The molecule has 4 aromatic rings. The highest BCUT2D eigenvalue weighted by Crippen LogP contribution is 2.41. The Labute approximate surface area is 161 Å². The van der Waals surface area contributed by atoms with Crippen molar-refractivity contribution in [3.8, 4) is 11.5 Å². The van der Waals surface area contributed by atoms with Gasteiger partial charge in [-0.05, 0) is 23.6 Å². The highest BCUT2D eigenvalue weighted by molar-refractivity contribution is 7.91. The van der Waals surface area contributed by atoms with Gasteiger partial charge in [-0.2, -0.15) is 5.10 Å². The predicted molar refractivity (Wildman–Crippen MR) is 105 cm³/mol. The molecule has 144 valence electrons. The van der Waals surface area contributed by atoms with Crippen LogP contribution in [0.1, 0.15) is 0 Å². The first-order valence-electron chi connectivity index (χ1n) is 8.60. The van der Waals surface area contributed by atoms with E-state index in [2.05, 4.69) is 10.2 Å². The maximum absolute atomic E-state index is 13.4. The monoisotopic (exact) mass is 398 g/mol. The maximum Gasteiger partial charge on any atom is 0.224 e. The van der Waals surface area contributed by atoms with Gasteiger partial charge in [-0.25, -0.2) is 8.42 Å². The molecule has 7 nitrogen and oxygen atoms in total. The molecule has 0 unspecified atom stereocenters. The summed E-state index contributed by atoms with van der Waals surface area (Å²) in [5, 5.41) is 15.8. The molecule has 0 bridgehead atoms. The van der Waals surface area contributed by atoms with Crippen molar-refractivity contribution < 1.29 is 23.0 Å². The van der Waals surface area contributed by atoms with Gasteiger partial charge in [0.2, 0.25) is 9.84 Å². The summed E-state index contributed by atoms with van der Waals surface area (Å²) in [5.41, 5.74) is 0.521. The molecule has 1 aliphatic heterocycles. The van der Waals surface area contributed by atoms with Crippen molar-refractivity contribution in [2.75, 3.05) is 20.3 Å². The van der Waals surface area contributed by atoms with E-state index in [0.717, 1.165) is 12.5 Å². The average molecular weight is 398 g/mol. The van der Waals surface area contributed by atoms with Crippen molar-refractivity contribution in [1.82, 2.24) is 10.2 Å². The van der Waals surface area contributed by atoms with E-state index in [-0.39, 0.29) is 9.92 Å². The van der Waals surface area contributed by atoms with Gasteiger partial charge in [0.25, 0.3) is 0 Å². The van der Waals surface area contributed by atoms with E-state index < -0.39 is 9.84 Å². The van der Waals surface area contributed by atoms with Crippen LogP contribution in [0.25, 0.3) is 21.7 Å². The molecule has 0 radical (unpaired) electrons. The number of hydrogen-bond acceptors (Lipinski definition) is 6. The molecule has 0 amide bonds. The lowest BCUT2D eigenvalue weighted by atomic mass is 10.1. The van der Waals surface area contributed by atoms with Crippen molar-refractivity contribution in [2.24, 2.45) is 0 Å². The number of hydrogen-bond donors (Lipinski definition) is 2. The van der Waals surface area contributed by atoms with Gasteiger partial charge in [-0.15, -0.1) is 0 Å². The molecule has 1 aliphatic rings. The number of fused-ring (bicyclic) bond motifs is 4. The Morgan fingerprint density at radius 2 is 1.71 bits per heavy atom. The van der Waals surface area contributed by atoms with Crippen molar-refractivity contribution in [1.29, 1.82) is 0 Å². The fourth-order valence-electron chi connectivity index (χ4n) is 3.32. The SMILES string of the molecule is CO.O=S(=O)(c1cccc2ccccc12)c1[nH]nc2ccc3c(c12)OCCO3. The smallest absolute Gasteiger partial charge is 0.224 e. The average Bonchev–Trinajstić information content (AvgIpc) is 3.20. The Morgan fingerprint density at radius 1 is 0.964 bits per heavy atom. The summed E-state index contributed by atoms with van der Waals surface area (Å²) in [7, 11) is -2.84. The van der Waals surface area contributed by atoms with Crippen LogP contribution in [0.5, 0.6) is 11.5 Å². The third-order valence-electron chi connectivity index (χ3n) is 4.50. The molecule has 2 heterocycles. The summed E-state index contributed by atoms with van der Waals surface area (Å²) in [6, 6.07) is 16.1. The fourth-order valence-corrected chi connectivity index (χ4v) is 4.90. The number of aromatic nitrogens is 2. The second-order valence-corrected chi connectivity index (χ2v) is 7.87. The summed E-state index contributed by atoms with van der Waals surface area (Å²) in [5.74, 6) is 0.945. The second kappa shape index (κ2) is 7.14. The number of aliphatic hydroxyl groups is 1. The molecule has 28 heavy (non-hydrogen) atoms. The van der Waals surface area contributed by atoms with E-state index >= 15 is 0 Å². The maximum atomic E-state index is 13.4.